The Bertz CT molecular complexity index is 635. The highest BCUT2D eigenvalue weighted by Gasteiger charge is 2.20. The first-order valence-electron chi connectivity index (χ1n) is 7.17. The zero-order chi connectivity index (χ0) is 13.9. The van der Waals surface area contributed by atoms with Gasteiger partial charge in [0.1, 0.15) is 4.99 Å². The van der Waals surface area contributed by atoms with Gasteiger partial charge in [-0.25, -0.2) is 0 Å². The van der Waals surface area contributed by atoms with E-state index < -0.39 is 0 Å². The van der Waals surface area contributed by atoms with Gasteiger partial charge in [0.2, 0.25) is 0 Å². The van der Waals surface area contributed by atoms with E-state index in [0.29, 0.717) is 4.99 Å². The van der Waals surface area contributed by atoms with Crippen molar-refractivity contribution in [3.05, 3.63) is 36.0 Å². The second-order valence-corrected chi connectivity index (χ2v) is 5.88. The minimum absolute atomic E-state index is 0.396. The number of fused-ring (bicyclic) bond motifs is 1. The van der Waals surface area contributed by atoms with Crippen LogP contribution in [-0.4, -0.2) is 16.5 Å². The second kappa shape index (κ2) is 5.75. The van der Waals surface area contributed by atoms with Crippen molar-refractivity contribution in [1.29, 1.82) is 0 Å². The molecule has 3 rings (SSSR count). The Hall–Kier alpha value is -1.68. The van der Waals surface area contributed by atoms with Crippen molar-refractivity contribution >= 4 is 33.8 Å². The maximum Gasteiger partial charge on any atom is 0.107 e. The number of hydrogen-bond donors (Lipinski definition) is 2. The number of benzene rings is 1. The van der Waals surface area contributed by atoms with Crippen molar-refractivity contribution in [3.8, 4) is 0 Å². The Morgan fingerprint density at radius 3 is 2.90 bits per heavy atom. The van der Waals surface area contributed by atoms with Crippen molar-refractivity contribution in [1.82, 2.24) is 4.98 Å². The molecule has 0 spiro atoms. The molecule has 20 heavy (non-hydrogen) atoms. The van der Waals surface area contributed by atoms with E-state index in [2.05, 4.69) is 16.4 Å². The minimum Gasteiger partial charge on any atom is -0.389 e. The maximum atomic E-state index is 5.82. The number of pyridine rings is 1. The average molecular weight is 285 g/mol. The van der Waals surface area contributed by atoms with Gasteiger partial charge in [-0.1, -0.05) is 43.3 Å². The Labute approximate surface area is 124 Å². The molecule has 3 N–H and O–H groups in total. The van der Waals surface area contributed by atoms with Crippen LogP contribution >= 0.6 is 12.2 Å². The van der Waals surface area contributed by atoms with Gasteiger partial charge in [0, 0.05) is 18.1 Å². The molecule has 2 aromatic rings. The van der Waals surface area contributed by atoms with E-state index in [9.17, 15) is 0 Å². The quantitative estimate of drug-likeness (QED) is 0.630. The fourth-order valence-electron chi connectivity index (χ4n) is 2.53. The van der Waals surface area contributed by atoms with Crippen molar-refractivity contribution < 1.29 is 0 Å². The van der Waals surface area contributed by atoms with E-state index in [1.165, 1.54) is 25.7 Å². The number of nitrogens with zero attached hydrogens (tertiary/aromatic N) is 1. The zero-order valence-electron chi connectivity index (χ0n) is 11.4. The molecule has 0 atom stereocenters. The molecule has 1 heterocycles. The first kappa shape index (κ1) is 13.3. The van der Waals surface area contributed by atoms with Crippen LogP contribution in [0.15, 0.2) is 30.5 Å². The summed E-state index contributed by atoms with van der Waals surface area (Å²) in [6.45, 7) is 0.958. The van der Waals surface area contributed by atoms with Gasteiger partial charge in [-0.2, -0.15) is 0 Å². The molecule has 1 aromatic heterocycles. The summed E-state index contributed by atoms with van der Waals surface area (Å²) < 4.78 is 0. The van der Waals surface area contributed by atoms with Crippen LogP contribution in [0.5, 0.6) is 0 Å². The van der Waals surface area contributed by atoms with Gasteiger partial charge >= 0.3 is 0 Å². The van der Waals surface area contributed by atoms with Gasteiger partial charge < -0.3 is 11.1 Å². The molecule has 1 fully saturated rings. The first-order valence-corrected chi connectivity index (χ1v) is 7.58. The maximum absolute atomic E-state index is 5.82. The number of para-hydroxylation sites is 1. The summed E-state index contributed by atoms with van der Waals surface area (Å²) in [6.07, 6.45) is 7.11. The number of hydrogen-bond acceptors (Lipinski definition) is 3. The summed E-state index contributed by atoms with van der Waals surface area (Å²) in [5.74, 6) is 0.973. The number of nitrogens with one attached hydrogen (secondary N) is 1. The van der Waals surface area contributed by atoms with E-state index in [0.717, 1.165) is 34.6 Å². The molecule has 1 aliphatic rings. The summed E-state index contributed by atoms with van der Waals surface area (Å²) in [6, 6.07) is 8.08. The zero-order valence-corrected chi connectivity index (χ0v) is 12.2. The number of rotatable bonds is 6. The molecule has 0 saturated heterocycles. The Morgan fingerprint density at radius 2 is 2.15 bits per heavy atom. The molecule has 0 unspecified atom stereocenters. The van der Waals surface area contributed by atoms with Crippen LogP contribution in [0, 0.1) is 5.92 Å². The fraction of sp³-hybridized carbons (Fsp3) is 0.375. The third-order valence-corrected chi connectivity index (χ3v) is 4.05. The molecule has 104 valence electrons. The Balaban J connectivity index is 1.84. The molecule has 1 saturated carbocycles. The molecule has 1 aromatic carbocycles. The lowest BCUT2D eigenvalue weighted by molar-refractivity contribution is 0.687. The summed E-state index contributed by atoms with van der Waals surface area (Å²) in [5, 5.41) is 4.60. The van der Waals surface area contributed by atoms with Gasteiger partial charge in [0.25, 0.3) is 0 Å². The van der Waals surface area contributed by atoms with E-state index >= 15 is 0 Å². The molecule has 4 heteroatoms. The van der Waals surface area contributed by atoms with Crippen LogP contribution in [0.1, 0.15) is 31.2 Å². The normalized spacial score (nSPS) is 14.4. The predicted molar refractivity (Wildman–Crippen MR) is 88.1 cm³/mol. The summed E-state index contributed by atoms with van der Waals surface area (Å²) in [5.41, 5.74) is 8.65. The Kier molecular flexibility index (Phi) is 3.83. The van der Waals surface area contributed by atoms with E-state index in [1.54, 1.807) is 6.20 Å². The standard InChI is InChI=1S/C16H19N3S/c17-16(20)13-10-19-14-6-2-1-5-12(14)15(13)18-9-3-4-11-7-8-11/h1-2,5-6,10-11H,3-4,7-9H2,(H2,17,20)(H,18,19). The van der Waals surface area contributed by atoms with Crippen molar-refractivity contribution in [2.24, 2.45) is 11.7 Å². The van der Waals surface area contributed by atoms with Crippen molar-refractivity contribution in [2.45, 2.75) is 25.7 Å². The van der Waals surface area contributed by atoms with E-state index in [1.807, 2.05) is 18.2 Å². The summed E-state index contributed by atoms with van der Waals surface area (Å²) in [7, 11) is 0. The average Bonchev–Trinajstić information content (AvgIpc) is 3.27. The van der Waals surface area contributed by atoms with Crippen LogP contribution in [-0.2, 0) is 0 Å². The molecule has 1 aliphatic carbocycles. The SMILES string of the molecule is NC(=S)c1cnc2ccccc2c1NCCCC1CC1. The second-order valence-electron chi connectivity index (χ2n) is 5.44. The largest absolute Gasteiger partial charge is 0.389 e. The van der Waals surface area contributed by atoms with Gasteiger partial charge in [0.15, 0.2) is 0 Å². The molecule has 0 bridgehead atoms. The molecular formula is C16H19N3S. The van der Waals surface area contributed by atoms with Gasteiger partial charge in [-0.05, 0) is 24.8 Å². The van der Waals surface area contributed by atoms with Crippen LogP contribution in [0.25, 0.3) is 10.9 Å². The third kappa shape index (κ3) is 2.90. The van der Waals surface area contributed by atoms with E-state index in [4.69, 9.17) is 18.0 Å². The van der Waals surface area contributed by atoms with Crippen molar-refractivity contribution in [2.75, 3.05) is 11.9 Å². The molecular weight excluding hydrogens is 266 g/mol. The monoisotopic (exact) mass is 285 g/mol. The summed E-state index contributed by atoms with van der Waals surface area (Å²) in [4.78, 5) is 4.82. The number of nitrogens with two attached hydrogens (primary N) is 1. The molecule has 3 nitrogen and oxygen atoms in total. The molecule has 0 radical (unpaired) electrons. The highest BCUT2D eigenvalue weighted by Crippen LogP contribution is 2.33. The fourth-order valence-corrected chi connectivity index (χ4v) is 2.68. The third-order valence-electron chi connectivity index (χ3n) is 3.83. The van der Waals surface area contributed by atoms with Gasteiger partial charge in [-0.3, -0.25) is 4.98 Å². The van der Waals surface area contributed by atoms with Crippen molar-refractivity contribution in [3.63, 3.8) is 0 Å². The van der Waals surface area contributed by atoms with E-state index in [-0.39, 0.29) is 0 Å². The lowest BCUT2D eigenvalue weighted by Gasteiger charge is -2.13. The predicted octanol–water partition coefficient (Wildman–Crippen LogP) is 3.47. The lowest BCUT2D eigenvalue weighted by Crippen LogP contribution is -2.15. The number of thiocarbonyl (C=S) groups is 1. The highest BCUT2D eigenvalue weighted by molar-refractivity contribution is 7.80. The lowest BCUT2D eigenvalue weighted by atomic mass is 10.1. The van der Waals surface area contributed by atoms with Gasteiger partial charge in [-0.15, -0.1) is 0 Å². The highest BCUT2D eigenvalue weighted by atomic mass is 32.1. The minimum atomic E-state index is 0.396. The number of anilines is 1. The number of aromatic nitrogens is 1. The molecule has 0 amide bonds. The smallest absolute Gasteiger partial charge is 0.107 e. The topological polar surface area (TPSA) is 50.9 Å². The summed E-state index contributed by atoms with van der Waals surface area (Å²) >= 11 is 5.14. The van der Waals surface area contributed by atoms with Crippen LogP contribution < -0.4 is 11.1 Å². The Morgan fingerprint density at radius 1 is 1.35 bits per heavy atom. The molecule has 0 aliphatic heterocycles. The van der Waals surface area contributed by atoms with Crippen LogP contribution in [0.3, 0.4) is 0 Å². The van der Waals surface area contributed by atoms with Gasteiger partial charge in [0.05, 0.1) is 16.8 Å². The first-order chi connectivity index (χ1) is 9.75. The van der Waals surface area contributed by atoms with Crippen LogP contribution in [0.2, 0.25) is 0 Å². The van der Waals surface area contributed by atoms with Crippen LogP contribution in [0.4, 0.5) is 5.69 Å².